The molecule has 17 heavy (non-hydrogen) atoms. The van der Waals surface area contributed by atoms with Gasteiger partial charge < -0.3 is 14.8 Å². The topological polar surface area (TPSA) is 30.5 Å². The highest BCUT2D eigenvalue weighted by atomic mass is 79.9. The van der Waals surface area contributed by atoms with E-state index >= 15 is 0 Å². The fourth-order valence-electron chi connectivity index (χ4n) is 1.75. The molecule has 0 saturated carbocycles. The second kappa shape index (κ2) is 4.96. The van der Waals surface area contributed by atoms with Gasteiger partial charge in [-0.25, -0.2) is 0 Å². The lowest BCUT2D eigenvalue weighted by Crippen LogP contribution is -2.45. The first kappa shape index (κ1) is 12.9. The summed E-state index contributed by atoms with van der Waals surface area (Å²) in [6.45, 7) is 7.27. The van der Waals surface area contributed by atoms with Gasteiger partial charge in [0.25, 0.3) is 0 Å². The Hall–Kier alpha value is -0.580. The summed E-state index contributed by atoms with van der Waals surface area (Å²) in [5.41, 5.74) is 2.32. The van der Waals surface area contributed by atoms with Crippen molar-refractivity contribution >= 4 is 21.6 Å². The molecule has 0 atom stereocenters. The first-order valence-electron chi connectivity index (χ1n) is 5.77. The fourth-order valence-corrected chi connectivity index (χ4v) is 2.11. The number of hydrogen-bond donors (Lipinski definition) is 1. The number of halogens is 1. The molecule has 0 aromatic heterocycles. The summed E-state index contributed by atoms with van der Waals surface area (Å²) in [7, 11) is 0. The molecule has 3 nitrogen and oxygen atoms in total. The van der Waals surface area contributed by atoms with Crippen LogP contribution in [0.2, 0.25) is 0 Å². The van der Waals surface area contributed by atoms with Gasteiger partial charge in [0.2, 0.25) is 0 Å². The summed E-state index contributed by atoms with van der Waals surface area (Å²) in [5, 5.41) is 3.43. The quantitative estimate of drug-likeness (QED) is 0.909. The zero-order valence-corrected chi connectivity index (χ0v) is 12.0. The normalized spacial score (nSPS) is 20.2. The van der Waals surface area contributed by atoms with Gasteiger partial charge in [-0.2, -0.15) is 0 Å². The molecular weight excluding hydrogens is 282 g/mol. The van der Waals surface area contributed by atoms with Crippen molar-refractivity contribution in [2.24, 2.45) is 0 Å². The molecule has 0 spiro atoms. The van der Waals surface area contributed by atoms with Crippen molar-refractivity contribution in [2.45, 2.75) is 32.6 Å². The van der Waals surface area contributed by atoms with E-state index in [1.165, 1.54) is 5.56 Å². The molecular formula is C13H18BrNO2. The maximum Gasteiger partial charge on any atom is 0.162 e. The van der Waals surface area contributed by atoms with Crippen molar-refractivity contribution in [2.75, 3.05) is 18.5 Å². The van der Waals surface area contributed by atoms with Crippen LogP contribution in [-0.2, 0) is 9.47 Å². The van der Waals surface area contributed by atoms with Crippen molar-refractivity contribution in [1.82, 2.24) is 0 Å². The molecule has 0 aliphatic carbocycles. The Kier molecular flexibility index (Phi) is 3.76. The molecule has 1 heterocycles. The maximum atomic E-state index is 5.62. The second-order valence-corrected chi connectivity index (χ2v) is 5.70. The standard InChI is InChI=1S/C13H18BrNO2/c1-9-4-5-11(14)12(6-9)15-10-7-16-13(2,3)17-8-10/h4-6,10,15H,7-8H2,1-3H3. The van der Waals surface area contributed by atoms with E-state index < -0.39 is 5.79 Å². The molecule has 0 bridgehead atoms. The molecule has 1 aromatic carbocycles. The number of rotatable bonds is 2. The largest absolute Gasteiger partial charge is 0.377 e. The van der Waals surface area contributed by atoms with Crippen molar-refractivity contribution < 1.29 is 9.47 Å². The van der Waals surface area contributed by atoms with Crippen LogP contribution in [0.3, 0.4) is 0 Å². The Morgan fingerprint density at radius 2 is 1.94 bits per heavy atom. The lowest BCUT2D eigenvalue weighted by Gasteiger charge is -2.35. The van der Waals surface area contributed by atoms with E-state index in [-0.39, 0.29) is 6.04 Å². The molecule has 1 fully saturated rings. The number of benzene rings is 1. The van der Waals surface area contributed by atoms with Gasteiger partial charge in [0.05, 0.1) is 19.3 Å². The molecule has 1 saturated heterocycles. The third-order valence-electron chi connectivity index (χ3n) is 2.75. The molecule has 0 radical (unpaired) electrons. The van der Waals surface area contributed by atoms with Crippen LogP contribution in [0.1, 0.15) is 19.4 Å². The third-order valence-corrected chi connectivity index (χ3v) is 3.44. The highest BCUT2D eigenvalue weighted by Gasteiger charge is 2.28. The minimum Gasteiger partial charge on any atom is -0.377 e. The van der Waals surface area contributed by atoms with Crippen molar-refractivity contribution in [3.8, 4) is 0 Å². The first-order chi connectivity index (χ1) is 7.96. The third kappa shape index (κ3) is 3.44. The van der Waals surface area contributed by atoms with Gasteiger partial charge in [0.1, 0.15) is 0 Å². The van der Waals surface area contributed by atoms with Crippen LogP contribution in [0.25, 0.3) is 0 Å². The fraction of sp³-hybridized carbons (Fsp3) is 0.538. The van der Waals surface area contributed by atoms with Crippen molar-refractivity contribution in [3.05, 3.63) is 28.2 Å². The van der Waals surface area contributed by atoms with Crippen molar-refractivity contribution in [3.63, 3.8) is 0 Å². The Morgan fingerprint density at radius 3 is 2.59 bits per heavy atom. The molecule has 0 unspecified atom stereocenters. The van der Waals surface area contributed by atoms with E-state index in [2.05, 4.69) is 40.3 Å². The van der Waals surface area contributed by atoms with Gasteiger partial charge >= 0.3 is 0 Å². The Balaban J connectivity index is 2.00. The van der Waals surface area contributed by atoms with E-state index in [1.54, 1.807) is 0 Å². The molecule has 94 valence electrons. The molecule has 1 aliphatic heterocycles. The van der Waals surface area contributed by atoms with Crippen LogP contribution in [0.5, 0.6) is 0 Å². The highest BCUT2D eigenvalue weighted by molar-refractivity contribution is 9.10. The van der Waals surface area contributed by atoms with E-state index in [0.717, 1.165) is 10.2 Å². The van der Waals surface area contributed by atoms with E-state index in [0.29, 0.717) is 13.2 Å². The highest BCUT2D eigenvalue weighted by Crippen LogP contribution is 2.26. The molecule has 4 heteroatoms. The average Bonchev–Trinajstić information content (AvgIpc) is 2.26. The monoisotopic (exact) mass is 299 g/mol. The minimum absolute atomic E-state index is 0.195. The SMILES string of the molecule is Cc1ccc(Br)c(NC2COC(C)(C)OC2)c1. The number of hydrogen-bond acceptors (Lipinski definition) is 3. The molecule has 1 aliphatic rings. The van der Waals surface area contributed by atoms with E-state index in [4.69, 9.17) is 9.47 Å². The Morgan fingerprint density at radius 1 is 1.29 bits per heavy atom. The zero-order chi connectivity index (χ0) is 12.5. The van der Waals surface area contributed by atoms with Crippen LogP contribution in [0, 0.1) is 6.92 Å². The number of ether oxygens (including phenoxy) is 2. The molecule has 1 aromatic rings. The van der Waals surface area contributed by atoms with Crippen LogP contribution in [-0.4, -0.2) is 25.0 Å². The number of aryl methyl sites for hydroxylation is 1. The summed E-state index contributed by atoms with van der Waals surface area (Å²) in [4.78, 5) is 0. The number of anilines is 1. The smallest absolute Gasteiger partial charge is 0.162 e. The predicted octanol–water partition coefficient (Wildman–Crippen LogP) is 3.32. The van der Waals surface area contributed by atoms with Crippen LogP contribution in [0.15, 0.2) is 22.7 Å². The number of nitrogens with one attached hydrogen (secondary N) is 1. The van der Waals surface area contributed by atoms with Gasteiger partial charge in [-0.05, 0) is 54.4 Å². The molecule has 1 N–H and O–H groups in total. The Bertz CT molecular complexity index is 396. The lowest BCUT2D eigenvalue weighted by atomic mass is 10.2. The van der Waals surface area contributed by atoms with Crippen LogP contribution < -0.4 is 5.32 Å². The van der Waals surface area contributed by atoms with E-state index in [9.17, 15) is 0 Å². The summed E-state index contributed by atoms with van der Waals surface area (Å²) in [6, 6.07) is 6.43. The minimum atomic E-state index is -0.456. The van der Waals surface area contributed by atoms with E-state index in [1.807, 2.05) is 19.9 Å². The average molecular weight is 300 g/mol. The van der Waals surface area contributed by atoms with Gasteiger partial charge in [-0.1, -0.05) is 6.07 Å². The van der Waals surface area contributed by atoms with Crippen molar-refractivity contribution in [1.29, 1.82) is 0 Å². The van der Waals surface area contributed by atoms with Gasteiger partial charge in [0.15, 0.2) is 5.79 Å². The first-order valence-corrected chi connectivity index (χ1v) is 6.56. The van der Waals surface area contributed by atoms with Gasteiger partial charge in [-0.3, -0.25) is 0 Å². The molecule has 2 rings (SSSR count). The summed E-state index contributed by atoms with van der Waals surface area (Å²) in [6.07, 6.45) is 0. The van der Waals surface area contributed by atoms with Crippen LogP contribution >= 0.6 is 15.9 Å². The summed E-state index contributed by atoms with van der Waals surface area (Å²) in [5.74, 6) is -0.456. The second-order valence-electron chi connectivity index (χ2n) is 4.85. The maximum absolute atomic E-state index is 5.62. The predicted molar refractivity (Wildman–Crippen MR) is 72.3 cm³/mol. The summed E-state index contributed by atoms with van der Waals surface area (Å²) < 4.78 is 12.3. The Labute approximate surface area is 111 Å². The summed E-state index contributed by atoms with van der Waals surface area (Å²) >= 11 is 3.54. The molecule has 0 amide bonds. The lowest BCUT2D eigenvalue weighted by molar-refractivity contribution is -0.247. The zero-order valence-electron chi connectivity index (χ0n) is 10.4. The van der Waals surface area contributed by atoms with Gasteiger partial charge in [0, 0.05) is 10.2 Å². The van der Waals surface area contributed by atoms with Crippen LogP contribution in [0.4, 0.5) is 5.69 Å². The van der Waals surface area contributed by atoms with Gasteiger partial charge in [-0.15, -0.1) is 0 Å².